The van der Waals surface area contributed by atoms with Gasteiger partial charge in [-0.2, -0.15) is 0 Å². The van der Waals surface area contributed by atoms with E-state index in [1.54, 1.807) is 0 Å². The smallest absolute Gasteiger partial charge is 0.414 e. The van der Waals surface area contributed by atoms with E-state index in [1.165, 1.54) is 0 Å². The Kier molecular flexibility index (Phi) is 9.79. The van der Waals surface area contributed by atoms with E-state index in [1.807, 2.05) is 29.2 Å². The van der Waals surface area contributed by atoms with Gasteiger partial charge in [-0.25, -0.2) is 9.59 Å². The summed E-state index contributed by atoms with van der Waals surface area (Å²) in [7, 11) is 0. The number of hydrogen-bond donors (Lipinski definition) is 2. The Bertz CT molecular complexity index is 744. The number of benzene rings is 1. The minimum absolute atomic E-state index is 0.255. The highest BCUT2D eigenvalue weighted by Crippen LogP contribution is 2.22. The van der Waals surface area contributed by atoms with Gasteiger partial charge in [0, 0.05) is 31.2 Å². The molecule has 2 saturated heterocycles. The Balaban J connectivity index is 0.000000469. The van der Waals surface area contributed by atoms with Crippen LogP contribution in [0.3, 0.4) is 0 Å². The van der Waals surface area contributed by atoms with Crippen molar-refractivity contribution in [3.8, 4) is 0 Å². The van der Waals surface area contributed by atoms with E-state index >= 15 is 0 Å². The van der Waals surface area contributed by atoms with Crippen LogP contribution in [0.25, 0.3) is 6.08 Å². The van der Waals surface area contributed by atoms with Crippen molar-refractivity contribution in [1.29, 1.82) is 0 Å². The number of rotatable bonds is 4. The molecule has 3 rings (SSSR count). The van der Waals surface area contributed by atoms with Crippen LogP contribution in [0.5, 0.6) is 0 Å². The molecular formula is C21H27ClN2O6. The fourth-order valence-corrected chi connectivity index (χ4v) is 3.44. The van der Waals surface area contributed by atoms with Crippen LogP contribution in [0.1, 0.15) is 18.4 Å². The van der Waals surface area contributed by atoms with Gasteiger partial charge in [0.2, 0.25) is 5.91 Å². The number of amides is 1. The number of carboxylic acids is 2. The summed E-state index contributed by atoms with van der Waals surface area (Å²) >= 11 is 6.18. The predicted octanol–water partition coefficient (Wildman–Crippen LogP) is 2.08. The van der Waals surface area contributed by atoms with E-state index in [2.05, 4.69) is 17.1 Å². The third-order valence-electron chi connectivity index (χ3n) is 4.99. The zero-order chi connectivity index (χ0) is 21.9. The summed E-state index contributed by atoms with van der Waals surface area (Å²) in [4.78, 5) is 34.8. The topological polar surface area (TPSA) is 107 Å². The van der Waals surface area contributed by atoms with E-state index < -0.39 is 11.9 Å². The number of morpholine rings is 1. The number of nitrogens with zero attached hydrogens (tertiary/aromatic N) is 2. The highest BCUT2D eigenvalue weighted by molar-refractivity contribution is 6.32. The fraction of sp³-hybridized carbons (Fsp3) is 0.476. The van der Waals surface area contributed by atoms with E-state index in [4.69, 9.17) is 36.1 Å². The molecule has 8 nitrogen and oxygen atoms in total. The quantitative estimate of drug-likeness (QED) is 0.693. The molecule has 9 heteroatoms. The summed E-state index contributed by atoms with van der Waals surface area (Å²) < 4.78 is 5.33. The Morgan fingerprint density at radius 2 is 1.63 bits per heavy atom. The van der Waals surface area contributed by atoms with Gasteiger partial charge < -0.3 is 19.8 Å². The van der Waals surface area contributed by atoms with Gasteiger partial charge >= 0.3 is 11.9 Å². The lowest BCUT2D eigenvalue weighted by Crippen LogP contribution is -2.46. The second kappa shape index (κ2) is 12.3. The molecule has 0 aromatic heterocycles. The van der Waals surface area contributed by atoms with Crippen LogP contribution in [-0.2, 0) is 19.1 Å². The summed E-state index contributed by atoms with van der Waals surface area (Å²) in [5.41, 5.74) is 1.06. The van der Waals surface area contributed by atoms with Crippen LogP contribution in [0.15, 0.2) is 30.3 Å². The molecule has 0 radical (unpaired) electrons. The first-order valence-electron chi connectivity index (χ1n) is 9.83. The maximum Gasteiger partial charge on any atom is 0.414 e. The molecule has 0 saturated carbocycles. The zero-order valence-electron chi connectivity index (χ0n) is 16.7. The molecular weight excluding hydrogens is 412 g/mol. The van der Waals surface area contributed by atoms with Gasteiger partial charge in [-0.15, -0.1) is 0 Å². The van der Waals surface area contributed by atoms with Gasteiger partial charge in [0.05, 0.1) is 19.8 Å². The minimum Gasteiger partial charge on any atom is -0.473 e. The number of hydrogen-bond acceptors (Lipinski definition) is 5. The summed E-state index contributed by atoms with van der Waals surface area (Å²) in [6, 6.07) is 7.88. The number of ether oxygens (including phenoxy) is 1. The van der Waals surface area contributed by atoms with Crippen LogP contribution in [0.2, 0.25) is 5.02 Å². The predicted molar refractivity (Wildman–Crippen MR) is 112 cm³/mol. The van der Waals surface area contributed by atoms with Gasteiger partial charge in [0.1, 0.15) is 0 Å². The SMILES string of the molecule is O=C(CN1CCOCC1)N1CCC(C=Cc2ccccc2Cl)CC1.O=C(O)C(=O)O. The van der Waals surface area contributed by atoms with Gasteiger partial charge in [0.25, 0.3) is 0 Å². The van der Waals surface area contributed by atoms with Crippen LogP contribution in [0.4, 0.5) is 0 Å². The van der Waals surface area contributed by atoms with Crippen LogP contribution in [-0.4, -0.2) is 83.8 Å². The summed E-state index contributed by atoms with van der Waals surface area (Å²) in [5, 5.41) is 15.6. The van der Waals surface area contributed by atoms with Crippen molar-refractivity contribution in [2.24, 2.45) is 5.92 Å². The molecule has 0 unspecified atom stereocenters. The number of likely N-dealkylation sites (tertiary alicyclic amines) is 1. The van der Waals surface area contributed by atoms with Gasteiger partial charge in [0.15, 0.2) is 0 Å². The molecule has 164 valence electrons. The molecule has 30 heavy (non-hydrogen) atoms. The Morgan fingerprint density at radius 1 is 1.03 bits per heavy atom. The third-order valence-corrected chi connectivity index (χ3v) is 5.34. The number of halogens is 1. The maximum atomic E-state index is 12.4. The molecule has 1 amide bonds. The number of carboxylic acid groups (broad SMARTS) is 2. The largest absolute Gasteiger partial charge is 0.473 e. The number of carbonyl (C=O) groups is 3. The van der Waals surface area contributed by atoms with E-state index in [9.17, 15) is 4.79 Å². The second-order valence-corrected chi connectivity index (χ2v) is 7.50. The number of piperidine rings is 1. The van der Waals surface area contributed by atoms with Crippen molar-refractivity contribution in [2.75, 3.05) is 45.9 Å². The van der Waals surface area contributed by atoms with Crippen molar-refractivity contribution in [3.05, 3.63) is 40.9 Å². The Labute approximate surface area is 180 Å². The van der Waals surface area contributed by atoms with Gasteiger partial charge in [-0.05, 0) is 30.4 Å². The highest BCUT2D eigenvalue weighted by Gasteiger charge is 2.23. The first kappa shape index (κ1) is 23.9. The average Bonchev–Trinajstić information content (AvgIpc) is 2.74. The van der Waals surface area contributed by atoms with Crippen LogP contribution >= 0.6 is 11.6 Å². The van der Waals surface area contributed by atoms with E-state index in [0.717, 1.165) is 62.8 Å². The summed E-state index contributed by atoms with van der Waals surface area (Å²) in [6.07, 6.45) is 6.40. The standard InChI is InChI=1S/C19H25ClN2O2.C2H2O4/c20-18-4-2-1-3-17(18)6-5-16-7-9-22(10-8-16)19(23)15-21-11-13-24-14-12-21;3-1(4)2(5)6/h1-6,16H,7-15H2;(H,3,4)(H,5,6). The number of aliphatic carboxylic acids is 2. The van der Waals surface area contributed by atoms with E-state index in [-0.39, 0.29) is 5.91 Å². The monoisotopic (exact) mass is 438 g/mol. The first-order valence-corrected chi connectivity index (χ1v) is 10.2. The first-order chi connectivity index (χ1) is 14.4. The Morgan fingerprint density at radius 3 is 2.20 bits per heavy atom. The molecule has 0 atom stereocenters. The lowest BCUT2D eigenvalue weighted by Gasteiger charge is -2.33. The highest BCUT2D eigenvalue weighted by atomic mass is 35.5. The summed E-state index contributed by atoms with van der Waals surface area (Å²) in [6.45, 7) is 5.43. The van der Waals surface area contributed by atoms with Gasteiger partial charge in [-0.3, -0.25) is 9.69 Å². The lowest BCUT2D eigenvalue weighted by atomic mass is 9.95. The van der Waals surface area contributed by atoms with Crippen molar-refractivity contribution in [2.45, 2.75) is 12.8 Å². The number of allylic oxidation sites excluding steroid dienone is 1. The molecule has 1 aromatic carbocycles. The molecule has 2 heterocycles. The maximum absolute atomic E-state index is 12.4. The third kappa shape index (κ3) is 8.14. The second-order valence-electron chi connectivity index (χ2n) is 7.10. The molecule has 2 aliphatic heterocycles. The summed E-state index contributed by atoms with van der Waals surface area (Å²) in [5.74, 6) is -2.87. The van der Waals surface area contributed by atoms with Crippen molar-refractivity contribution >= 4 is 35.5 Å². The molecule has 1 aromatic rings. The molecule has 2 fully saturated rings. The van der Waals surface area contributed by atoms with Gasteiger partial charge in [-0.1, -0.05) is 42.0 Å². The van der Waals surface area contributed by atoms with Crippen LogP contribution in [0, 0.1) is 5.92 Å². The zero-order valence-corrected chi connectivity index (χ0v) is 17.5. The molecule has 0 aliphatic carbocycles. The normalized spacial score (nSPS) is 18.0. The van der Waals surface area contributed by atoms with E-state index in [0.29, 0.717) is 12.5 Å². The molecule has 0 bridgehead atoms. The Hall–Kier alpha value is -2.42. The molecule has 2 aliphatic rings. The average molecular weight is 439 g/mol. The lowest BCUT2D eigenvalue weighted by molar-refractivity contribution is -0.159. The molecule has 0 spiro atoms. The fourth-order valence-electron chi connectivity index (χ4n) is 3.24. The van der Waals surface area contributed by atoms with Crippen molar-refractivity contribution < 1.29 is 29.3 Å². The van der Waals surface area contributed by atoms with Crippen LogP contribution < -0.4 is 0 Å². The number of carbonyl (C=O) groups excluding carboxylic acids is 1. The van der Waals surface area contributed by atoms with Crippen molar-refractivity contribution in [1.82, 2.24) is 9.80 Å². The van der Waals surface area contributed by atoms with Crippen molar-refractivity contribution in [3.63, 3.8) is 0 Å². The molecule has 2 N–H and O–H groups in total. The minimum atomic E-state index is -1.82.